The van der Waals surface area contributed by atoms with Crippen molar-refractivity contribution >= 4 is 0 Å². The van der Waals surface area contributed by atoms with Gasteiger partial charge in [-0.05, 0) is 31.9 Å². The van der Waals surface area contributed by atoms with Gasteiger partial charge in [0.15, 0.2) is 0 Å². The number of nitriles is 1. The number of unbranched alkanes of at least 4 members (excludes halogenated alkanes) is 3. The van der Waals surface area contributed by atoms with E-state index < -0.39 is 5.82 Å². The van der Waals surface area contributed by atoms with Crippen LogP contribution in [-0.2, 0) is 0 Å². The molecule has 0 bridgehead atoms. The summed E-state index contributed by atoms with van der Waals surface area (Å²) in [5, 5.41) is 8.75. The third-order valence-electron chi connectivity index (χ3n) is 2.80. The van der Waals surface area contributed by atoms with Crippen LogP contribution in [-0.4, -0.2) is 6.10 Å². The number of hydrogen-bond acceptors (Lipinski definition) is 2. The van der Waals surface area contributed by atoms with Gasteiger partial charge in [0.05, 0.1) is 17.7 Å². The predicted molar refractivity (Wildman–Crippen MR) is 70.0 cm³/mol. The van der Waals surface area contributed by atoms with Crippen molar-refractivity contribution in [1.82, 2.24) is 0 Å². The van der Waals surface area contributed by atoms with Crippen molar-refractivity contribution < 1.29 is 9.13 Å². The molecule has 0 heterocycles. The Labute approximate surface area is 108 Å². The Morgan fingerprint density at radius 1 is 1.28 bits per heavy atom. The molecule has 98 valence electrons. The van der Waals surface area contributed by atoms with Gasteiger partial charge in [-0.25, -0.2) is 4.39 Å². The Balaban J connectivity index is 2.46. The van der Waals surface area contributed by atoms with E-state index >= 15 is 0 Å². The highest BCUT2D eigenvalue weighted by molar-refractivity contribution is 5.37. The highest BCUT2D eigenvalue weighted by atomic mass is 19.1. The van der Waals surface area contributed by atoms with Crippen LogP contribution in [0.5, 0.6) is 5.75 Å². The maximum Gasteiger partial charge on any atom is 0.128 e. The van der Waals surface area contributed by atoms with E-state index in [4.69, 9.17) is 10.00 Å². The first-order valence-corrected chi connectivity index (χ1v) is 6.53. The topological polar surface area (TPSA) is 33.0 Å². The van der Waals surface area contributed by atoms with Gasteiger partial charge in [0.1, 0.15) is 11.6 Å². The fraction of sp³-hybridized carbons (Fsp3) is 0.533. The predicted octanol–water partition coefficient (Wildman–Crippen LogP) is 4.44. The van der Waals surface area contributed by atoms with E-state index in [2.05, 4.69) is 6.92 Å². The minimum Gasteiger partial charge on any atom is -0.491 e. The third-order valence-corrected chi connectivity index (χ3v) is 2.80. The summed E-state index contributed by atoms with van der Waals surface area (Å²) in [7, 11) is 0. The van der Waals surface area contributed by atoms with Crippen molar-refractivity contribution in [3.63, 3.8) is 0 Å². The lowest BCUT2D eigenvalue weighted by Gasteiger charge is -2.14. The van der Waals surface area contributed by atoms with Gasteiger partial charge >= 0.3 is 0 Å². The van der Waals surface area contributed by atoms with Crippen LogP contribution in [0.2, 0.25) is 0 Å². The molecule has 0 aliphatic carbocycles. The van der Waals surface area contributed by atoms with Crippen LogP contribution in [0.15, 0.2) is 18.2 Å². The molecule has 0 saturated carbocycles. The van der Waals surface area contributed by atoms with E-state index in [0.29, 0.717) is 11.3 Å². The summed E-state index contributed by atoms with van der Waals surface area (Å²) in [6, 6.07) is 6.03. The second-order valence-electron chi connectivity index (χ2n) is 4.57. The van der Waals surface area contributed by atoms with Crippen molar-refractivity contribution in [1.29, 1.82) is 5.26 Å². The van der Waals surface area contributed by atoms with Gasteiger partial charge in [0.2, 0.25) is 0 Å². The number of rotatable bonds is 7. The molecular formula is C15H20FNO. The number of benzene rings is 1. The van der Waals surface area contributed by atoms with Crippen LogP contribution < -0.4 is 4.74 Å². The van der Waals surface area contributed by atoms with Crippen LogP contribution in [0.25, 0.3) is 0 Å². The van der Waals surface area contributed by atoms with Gasteiger partial charge in [-0.1, -0.05) is 26.2 Å². The molecule has 0 aliphatic rings. The van der Waals surface area contributed by atoms with Crippen LogP contribution in [0.3, 0.4) is 0 Å². The Morgan fingerprint density at radius 2 is 2.06 bits per heavy atom. The Bertz CT molecular complexity index is 411. The van der Waals surface area contributed by atoms with Gasteiger partial charge in [-0.3, -0.25) is 0 Å². The zero-order chi connectivity index (χ0) is 13.4. The van der Waals surface area contributed by atoms with Crippen LogP contribution in [0.1, 0.15) is 51.5 Å². The van der Waals surface area contributed by atoms with Crippen LogP contribution in [0, 0.1) is 17.1 Å². The van der Waals surface area contributed by atoms with E-state index in [1.54, 1.807) is 6.07 Å². The fourth-order valence-corrected chi connectivity index (χ4v) is 1.85. The molecule has 1 atom stereocenters. The largest absolute Gasteiger partial charge is 0.491 e. The quantitative estimate of drug-likeness (QED) is 0.669. The van der Waals surface area contributed by atoms with Crippen molar-refractivity contribution in [3.05, 3.63) is 29.6 Å². The average Bonchev–Trinajstić information content (AvgIpc) is 2.34. The monoisotopic (exact) mass is 249 g/mol. The Hall–Kier alpha value is -1.56. The molecule has 3 heteroatoms. The normalized spacial score (nSPS) is 11.9. The molecule has 1 aromatic carbocycles. The van der Waals surface area contributed by atoms with E-state index in [9.17, 15) is 4.39 Å². The van der Waals surface area contributed by atoms with Crippen molar-refractivity contribution in [2.24, 2.45) is 0 Å². The molecule has 18 heavy (non-hydrogen) atoms. The van der Waals surface area contributed by atoms with E-state index in [1.165, 1.54) is 31.4 Å². The number of halogens is 1. The molecule has 0 aliphatic heterocycles. The second-order valence-corrected chi connectivity index (χ2v) is 4.57. The van der Waals surface area contributed by atoms with Gasteiger partial charge in [-0.2, -0.15) is 5.26 Å². The molecule has 0 saturated heterocycles. The molecule has 0 spiro atoms. The molecule has 0 amide bonds. The van der Waals surface area contributed by atoms with E-state index in [1.807, 2.05) is 13.0 Å². The molecule has 2 nitrogen and oxygen atoms in total. The zero-order valence-electron chi connectivity index (χ0n) is 11.1. The second kappa shape index (κ2) is 7.71. The molecule has 1 unspecified atom stereocenters. The van der Waals surface area contributed by atoms with E-state index in [0.717, 1.165) is 12.8 Å². The van der Waals surface area contributed by atoms with Crippen molar-refractivity contribution in [3.8, 4) is 11.8 Å². The smallest absolute Gasteiger partial charge is 0.128 e. The average molecular weight is 249 g/mol. The maximum atomic E-state index is 13.2. The molecule has 0 radical (unpaired) electrons. The molecule has 1 aromatic rings. The van der Waals surface area contributed by atoms with Gasteiger partial charge in [0.25, 0.3) is 0 Å². The van der Waals surface area contributed by atoms with Gasteiger partial charge < -0.3 is 4.74 Å². The minimum absolute atomic E-state index is 0.0511. The summed E-state index contributed by atoms with van der Waals surface area (Å²) in [6.07, 6.45) is 5.79. The molecule has 1 rings (SSSR count). The van der Waals surface area contributed by atoms with Crippen molar-refractivity contribution in [2.45, 2.75) is 52.1 Å². The molecular weight excluding hydrogens is 229 g/mol. The highest BCUT2D eigenvalue weighted by Crippen LogP contribution is 2.19. The maximum absolute atomic E-state index is 13.2. The van der Waals surface area contributed by atoms with Gasteiger partial charge in [0, 0.05) is 6.07 Å². The van der Waals surface area contributed by atoms with Crippen LogP contribution in [0.4, 0.5) is 4.39 Å². The standard InChI is InChI=1S/C15H20FNO/c1-3-4-5-6-7-12(2)18-15-9-13(11-17)8-14(16)10-15/h8-10,12H,3-7H2,1-2H3. The summed E-state index contributed by atoms with van der Waals surface area (Å²) >= 11 is 0. The first-order chi connectivity index (χ1) is 8.65. The summed E-state index contributed by atoms with van der Waals surface area (Å²) in [4.78, 5) is 0. The third kappa shape index (κ3) is 5.18. The van der Waals surface area contributed by atoms with Crippen LogP contribution >= 0.6 is 0 Å². The van der Waals surface area contributed by atoms with E-state index in [-0.39, 0.29) is 6.10 Å². The summed E-state index contributed by atoms with van der Waals surface area (Å²) in [5.41, 5.74) is 0.295. The molecule has 0 fully saturated rings. The Kier molecular flexibility index (Phi) is 6.21. The summed E-state index contributed by atoms with van der Waals surface area (Å²) in [5.74, 6) is 0.0109. The molecule has 0 aromatic heterocycles. The minimum atomic E-state index is -0.428. The van der Waals surface area contributed by atoms with Gasteiger partial charge in [-0.15, -0.1) is 0 Å². The SMILES string of the molecule is CCCCCCC(C)Oc1cc(F)cc(C#N)c1. The molecule has 0 N–H and O–H groups in total. The fourth-order valence-electron chi connectivity index (χ4n) is 1.85. The first kappa shape index (κ1) is 14.5. The summed E-state index contributed by atoms with van der Waals surface area (Å²) < 4.78 is 18.8. The lowest BCUT2D eigenvalue weighted by molar-refractivity contribution is 0.205. The zero-order valence-corrected chi connectivity index (χ0v) is 11.1. The number of ether oxygens (including phenoxy) is 1. The van der Waals surface area contributed by atoms with Crippen molar-refractivity contribution in [2.75, 3.05) is 0 Å². The lowest BCUT2D eigenvalue weighted by Crippen LogP contribution is -2.11. The first-order valence-electron chi connectivity index (χ1n) is 6.53. The number of nitrogens with zero attached hydrogens (tertiary/aromatic N) is 1. The Morgan fingerprint density at radius 3 is 2.72 bits per heavy atom. The highest BCUT2D eigenvalue weighted by Gasteiger charge is 2.06. The summed E-state index contributed by atoms with van der Waals surface area (Å²) in [6.45, 7) is 4.15. The number of hydrogen-bond donors (Lipinski definition) is 0. The lowest BCUT2D eigenvalue weighted by atomic mass is 10.1.